The smallest absolute Gasteiger partial charge is 0.339 e. The third-order valence-electron chi connectivity index (χ3n) is 1.59. The molecule has 0 fully saturated rings. The zero-order valence-corrected chi connectivity index (χ0v) is 8.54. The molecule has 0 unspecified atom stereocenters. The van der Waals surface area contributed by atoms with Gasteiger partial charge in [0.05, 0.1) is 17.6 Å². The number of hydrogen-bond acceptors (Lipinski definition) is 5. The molecular weight excluding hydrogens is 206 g/mol. The molecule has 14 heavy (non-hydrogen) atoms. The summed E-state index contributed by atoms with van der Waals surface area (Å²) in [5.74, 6) is -0.687. The number of esters is 1. The Morgan fingerprint density at radius 3 is 2.64 bits per heavy atom. The molecule has 0 radical (unpaired) electrons. The van der Waals surface area contributed by atoms with Gasteiger partial charge in [-0.25, -0.2) is 13.2 Å². The minimum Gasteiger partial charge on any atom is -0.465 e. The Bertz CT molecular complexity index is 452. The third-order valence-corrected chi connectivity index (χ3v) is 2.71. The molecule has 0 amide bonds. The highest BCUT2D eigenvalue weighted by molar-refractivity contribution is 7.90. The molecule has 0 saturated carbocycles. The maximum absolute atomic E-state index is 11.2. The topological polar surface area (TPSA) is 73.3 Å². The molecule has 6 heteroatoms. The summed E-state index contributed by atoms with van der Waals surface area (Å²) < 4.78 is 26.9. The van der Waals surface area contributed by atoms with E-state index in [0.29, 0.717) is 0 Å². The van der Waals surface area contributed by atoms with E-state index in [4.69, 9.17) is 0 Å². The average Bonchev–Trinajstić information content (AvgIpc) is 2.15. The van der Waals surface area contributed by atoms with Crippen molar-refractivity contribution in [1.82, 2.24) is 4.98 Å². The summed E-state index contributed by atoms with van der Waals surface area (Å²) in [6.45, 7) is 0. The Morgan fingerprint density at radius 2 is 2.14 bits per heavy atom. The predicted octanol–water partition coefficient (Wildman–Crippen LogP) is 0.272. The van der Waals surface area contributed by atoms with E-state index in [9.17, 15) is 13.2 Å². The van der Waals surface area contributed by atoms with Gasteiger partial charge >= 0.3 is 5.97 Å². The molecule has 76 valence electrons. The van der Waals surface area contributed by atoms with E-state index < -0.39 is 15.8 Å². The Kier molecular flexibility index (Phi) is 2.85. The molecule has 0 saturated heterocycles. The van der Waals surface area contributed by atoms with Crippen molar-refractivity contribution >= 4 is 15.8 Å². The highest BCUT2D eigenvalue weighted by atomic mass is 32.2. The quantitative estimate of drug-likeness (QED) is 0.662. The zero-order chi connectivity index (χ0) is 10.8. The maximum atomic E-state index is 11.2. The van der Waals surface area contributed by atoms with Gasteiger partial charge < -0.3 is 4.74 Å². The van der Waals surface area contributed by atoms with Crippen molar-refractivity contribution in [1.29, 1.82) is 0 Å². The standard InChI is InChI=1S/C8H9NO4S/c1-13-8(10)6-3-4-9-5-7(6)14(2,11)12/h3-5H,1-2H3. The molecule has 1 aromatic heterocycles. The summed E-state index contributed by atoms with van der Waals surface area (Å²) in [4.78, 5) is 14.7. The van der Waals surface area contributed by atoms with E-state index >= 15 is 0 Å². The maximum Gasteiger partial charge on any atom is 0.339 e. The van der Waals surface area contributed by atoms with Crippen molar-refractivity contribution in [2.45, 2.75) is 4.90 Å². The van der Waals surface area contributed by atoms with Crippen LogP contribution in [0.5, 0.6) is 0 Å². The van der Waals surface area contributed by atoms with Gasteiger partial charge in [0.1, 0.15) is 0 Å². The van der Waals surface area contributed by atoms with E-state index in [1.165, 1.54) is 19.4 Å². The summed E-state index contributed by atoms with van der Waals surface area (Å²) in [5, 5.41) is 0. The third kappa shape index (κ3) is 2.08. The SMILES string of the molecule is COC(=O)c1ccncc1S(C)(=O)=O. The predicted molar refractivity (Wildman–Crippen MR) is 48.7 cm³/mol. The second kappa shape index (κ2) is 3.75. The van der Waals surface area contributed by atoms with Gasteiger partial charge in [-0.2, -0.15) is 0 Å². The number of aromatic nitrogens is 1. The Balaban J connectivity index is 3.38. The molecule has 1 aromatic rings. The van der Waals surface area contributed by atoms with E-state index in [1.54, 1.807) is 0 Å². The molecule has 5 nitrogen and oxygen atoms in total. The molecule has 0 aliphatic carbocycles. The van der Waals surface area contributed by atoms with Gasteiger partial charge in [-0.1, -0.05) is 0 Å². The number of carbonyl (C=O) groups excluding carboxylic acids is 1. The van der Waals surface area contributed by atoms with Crippen molar-refractivity contribution in [3.8, 4) is 0 Å². The van der Waals surface area contributed by atoms with Gasteiger partial charge in [-0.15, -0.1) is 0 Å². The van der Waals surface area contributed by atoms with Crippen LogP contribution in [0.1, 0.15) is 10.4 Å². The molecule has 1 heterocycles. The molecule has 0 N–H and O–H groups in total. The Labute approximate surface area is 81.6 Å². The van der Waals surface area contributed by atoms with Crippen LogP contribution in [0, 0.1) is 0 Å². The number of hydrogen-bond donors (Lipinski definition) is 0. The van der Waals surface area contributed by atoms with Crippen molar-refractivity contribution in [3.05, 3.63) is 24.0 Å². The number of rotatable bonds is 2. The van der Waals surface area contributed by atoms with Gasteiger partial charge in [-0.3, -0.25) is 4.98 Å². The van der Waals surface area contributed by atoms with Gasteiger partial charge in [0, 0.05) is 18.6 Å². The molecule has 1 rings (SSSR count). The number of nitrogens with zero attached hydrogens (tertiary/aromatic N) is 1. The van der Waals surface area contributed by atoms with Gasteiger partial charge in [-0.05, 0) is 6.07 Å². The number of carbonyl (C=O) groups is 1. The highest BCUT2D eigenvalue weighted by Crippen LogP contribution is 2.14. The van der Waals surface area contributed by atoms with Crippen molar-refractivity contribution < 1.29 is 17.9 Å². The van der Waals surface area contributed by atoms with Crippen molar-refractivity contribution in [3.63, 3.8) is 0 Å². The fourth-order valence-electron chi connectivity index (χ4n) is 0.954. The van der Waals surface area contributed by atoms with Crippen LogP contribution in [0.3, 0.4) is 0 Å². The van der Waals surface area contributed by atoms with Crippen molar-refractivity contribution in [2.24, 2.45) is 0 Å². The van der Waals surface area contributed by atoms with Gasteiger partial charge in [0.2, 0.25) is 0 Å². The van der Waals surface area contributed by atoms with Crippen LogP contribution in [0.4, 0.5) is 0 Å². The molecule has 0 aliphatic heterocycles. The molecule has 0 bridgehead atoms. The van der Waals surface area contributed by atoms with Gasteiger partial charge in [0.25, 0.3) is 0 Å². The van der Waals surface area contributed by atoms with E-state index in [-0.39, 0.29) is 10.5 Å². The fourth-order valence-corrected chi connectivity index (χ4v) is 1.76. The van der Waals surface area contributed by atoms with Crippen LogP contribution < -0.4 is 0 Å². The molecule has 0 atom stereocenters. The normalized spacial score (nSPS) is 11.0. The fraction of sp³-hybridized carbons (Fsp3) is 0.250. The number of ether oxygens (including phenoxy) is 1. The minimum absolute atomic E-state index is 0.00463. The largest absolute Gasteiger partial charge is 0.465 e. The summed E-state index contributed by atoms with van der Waals surface area (Å²) in [6, 6.07) is 1.31. The van der Waals surface area contributed by atoms with E-state index in [2.05, 4.69) is 9.72 Å². The van der Waals surface area contributed by atoms with Crippen molar-refractivity contribution in [2.75, 3.05) is 13.4 Å². The number of sulfone groups is 1. The van der Waals surface area contributed by atoms with Crippen LogP contribution in [-0.2, 0) is 14.6 Å². The monoisotopic (exact) mass is 215 g/mol. The lowest BCUT2D eigenvalue weighted by Gasteiger charge is -2.03. The molecular formula is C8H9NO4S. The number of pyridine rings is 1. The first-order valence-corrected chi connectivity index (χ1v) is 5.58. The first-order valence-electron chi connectivity index (χ1n) is 3.69. The van der Waals surface area contributed by atoms with Crippen LogP contribution in [0.25, 0.3) is 0 Å². The molecule has 0 spiro atoms. The number of methoxy groups -OCH3 is 1. The summed E-state index contributed by atoms with van der Waals surface area (Å²) in [6.07, 6.45) is 3.47. The summed E-state index contributed by atoms with van der Waals surface area (Å²) >= 11 is 0. The molecule has 0 aromatic carbocycles. The van der Waals surface area contributed by atoms with Crippen LogP contribution >= 0.6 is 0 Å². The highest BCUT2D eigenvalue weighted by Gasteiger charge is 2.18. The summed E-state index contributed by atoms with van der Waals surface area (Å²) in [5.41, 5.74) is 0.00463. The van der Waals surface area contributed by atoms with Crippen LogP contribution in [0.2, 0.25) is 0 Å². The lowest BCUT2D eigenvalue weighted by atomic mass is 10.3. The lowest BCUT2D eigenvalue weighted by molar-refractivity contribution is 0.0596. The minimum atomic E-state index is -3.45. The Hall–Kier alpha value is -1.43. The zero-order valence-electron chi connectivity index (χ0n) is 7.72. The lowest BCUT2D eigenvalue weighted by Crippen LogP contribution is -2.09. The van der Waals surface area contributed by atoms with Crippen LogP contribution in [0.15, 0.2) is 23.4 Å². The van der Waals surface area contributed by atoms with E-state index in [1.807, 2.05) is 0 Å². The second-order valence-corrected chi connectivity index (χ2v) is 4.62. The summed E-state index contributed by atoms with van der Waals surface area (Å²) in [7, 11) is -2.26. The average molecular weight is 215 g/mol. The molecule has 0 aliphatic rings. The first kappa shape index (κ1) is 10.6. The van der Waals surface area contributed by atoms with Gasteiger partial charge in [0.15, 0.2) is 9.84 Å². The Morgan fingerprint density at radius 1 is 1.50 bits per heavy atom. The van der Waals surface area contributed by atoms with E-state index in [0.717, 1.165) is 12.5 Å². The first-order chi connectivity index (χ1) is 6.46. The van der Waals surface area contributed by atoms with Crippen LogP contribution in [-0.4, -0.2) is 32.7 Å². The second-order valence-electron chi connectivity index (χ2n) is 2.64.